The van der Waals surface area contributed by atoms with Crippen LogP contribution in [0.3, 0.4) is 0 Å². The van der Waals surface area contributed by atoms with Gasteiger partial charge in [0, 0.05) is 18.9 Å². The van der Waals surface area contributed by atoms with Crippen molar-refractivity contribution < 1.29 is 4.74 Å². The van der Waals surface area contributed by atoms with Crippen LogP contribution in [0.25, 0.3) is 0 Å². The zero-order valence-corrected chi connectivity index (χ0v) is 9.03. The number of ether oxygens (including phenoxy) is 1. The van der Waals surface area contributed by atoms with E-state index in [2.05, 4.69) is 6.92 Å². The second-order valence-corrected chi connectivity index (χ2v) is 4.15. The Labute approximate surface area is 80.2 Å². The molecule has 0 spiro atoms. The molecule has 1 unspecified atom stereocenters. The first-order chi connectivity index (χ1) is 5.81. The standard InChI is InChI=1S/C9H21NOS/c1-3-4-5-6-12-8-9(10)7-11-2/h9H,3-8,10H2,1-2H3. The minimum absolute atomic E-state index is 0.210. The molecule has 0 aromatic heterocycles. The normalized spacial score (nSPS) is 13.2. The molecular weight excluding hydrogens is 170 g/mol. The van der Waals surface area contributed by atoms with Crippen molar-refractivity contribution in [3.63, 3.8) is 0 Å². The van der Waals surface area contributed by atoms with Gasteiger partial charge < -0.3 is 10.5 Å². The smallest absolute Gasteiger partial charge is 0.0621 e. The molecule has 0 aliphatic carbocycles. The first kappa shape index (κ1) is 12.3. The SMILES string of the molecule is CCCCCSCC(N)COC. The Bertz CT molecular complexity index is 90.6. The molecule has 1 atom stereocenters. The van der Waals surface area contributed by atoms with E-state index in [0.29, 0.717) is 6.61 Å². The summed E-state index contributed by atoms with van der Waals surface area (Å²) >= 11 is 1.94. The third-order valence-electron chi connectivity index (χ3n) is 1.60. The summed E-state index contributed by atoms with van der Waals surface area (Å²) in [6.07, 6.45) is 3.96. The lowest BCUT2D eigenvalue weighted by atomic mass is 10.3. The van der Waals surface area contributed by atoms with Gasteiger partial charge in [-0.15, -0.1) is 0 Å². The summed E-state index contributed by atoms with van der Waals surface area (Å²) in [6.45, 7) is 2.90. The largest absolute Gasteiger partial charge is 0.383 e. The Morgan fingerprint density at radius 1 is 1.42 bits per heavy atom. The summed E-state index contributed by atoms with van der Waals surface area (Å²) in [5, 5.41) is 0. The maximum absolute atomic E-state index is 5.75. The lowest BCUT2D eigenvalue weighted by Gasteiger charge is -2.08. The van der Waals surface area contributed by atoms with Gasteiger partial charge in [-0.1, -0.05) is 19.8 Å². The zero-order valence-electron chi connectivity index (χ0n) is 8.21. The molecule has 0 fully saturated rings. The zero-order chi connectivity index (χ0) is 9.23. The molecule has 0 radical (unpaired) electrons. The van der Waals surface area contributed by atoms with E-state index in [0.717, 1.165) is 5.75 Å². The van der Waals surface area contributed by atoms with Crippen LogP contribution in [-0.2, 0) is 4.74 Å². The molecule has 0 heterocycles. The van der Waals surface area contributed by atoms with Crippen LogP contribution in [0.2, 0.25) is 0 Å². The molecule has 2 N–H and O–H groups in total. The van der Waals surface area contributed by atoms with Crippen molar-refractivity contribution >= 4 is 11.8 Å². The van der Waals surface area contributed by atoms with Crippen LogP contribution in [0.1, 0.15) is 26.2 Å². The van der Waals surface area contributed by atoms with Crippen molar-refractivity contribution in [3.8, 4) is 0 Å². The Hall–Kier alpha value is 0.270. The van der Waals surface area contributed by atoms with Crippen molar-refractivity contribution in [2.24, 2.45) is 5.73 Å². The van der Waals surface area contributed by atoms with E-state index in [1.54, 1.807) is 7.11 Å². The topological polar surface area (TPSA) is 35.2 Å². The molecule has 0 bridgehead atoms. The first-order valence-corrected chi connectivity index (χ1v) is 5.79. The highest BCUT2D eigenvalue weighted by Gasteiger charge is 2.00. The second-order valence-electron chi connectivity index (χ2n) is 3.00. The van der Waals surface area contributed by atoms with Crippen LogP contribution in [-0.4, -0.2) is 31.3 Å². The number of nitrogens with two attached hydrogens (primary N) is 1. The van der Waals surface area contributed by atoms with E-state index < -0.39 is 0 Å². The molecule has 0 amide bonds. The van der Waals surface area contributed by atoms with Crippen LogP contribution in [0, 0.1) is 0 Å². The van der Waals surface area contributed by atoms with Gasteiger partial charge in [0.25, 0.3) is 0 Å². The first-order valence-electron chi connectivity index (χ1n) is 4.63. The van der Waals surface area contributed by atoms with Crippen molar-refractivity contribution in [2.45, 2.75) is 32.2 Å². The van der Waals surface area contributed by atoms with Crippen molar-refractivity contribution in [3.05, 3.63) is 0 Å². The van der Waals surface area contributed by atoms with Gasteiger partial charge in [-0.25, -0.2) is 0 Å². The number of hydrogen-bond acceptors (Lipinski definition) is 3. The Balaban J connectivity index is 2.97. The predicted molar refractivity (Wildman–Crippen MR) is 56.7 cm³/mol. The van der Waals surface area contributed by atoms with Crippen LogP contribution >= 0.6 is 11.8 Å². The van der Waals surface area contributed by atoms with Gasteiger partial charge in [0.15, 0.2) is 0 Å². The number of unbranched alkanes of at least 4 members (excludes halogenated alkanes) is 2. The van der Waals surface area contributed by atoms with E-state index in [9.17, 15) is 0 Å². The quantitative estimate of drug-likeness (QED) is 0.595. The summed E-state index contributed by atoms with van der Waals surface area (Å²) < 4.78 is 4.94. The van der Waals surface area contributed by atoms with Gasteiger partial charge >= 0.3 is 0 Å². The van der Waals surface area contributed by atoms with Gasteiger partial charge in [-0.3, -0.25) is 0 Å². The third kappa shape index (κ3) is 8.37. The molecule has 74 valence electrons. The van der Waals surface area contributed by atoms with E-state index in [-0.39, 0.29) is 6.04 Å². The number of methoxy groups -OCH3 is 1. The number of hydrogen-bond donors (Lipinski definition) is 1. The van der Waals surface area contributed by atoms with Gasteiger partial charge in [0.2, 0.25) is 0 Å². The molecular formula is C9H21NOS. The molecule has 0 saturated carbocycles. The predicted octanol–water partition coefficient (Wildman–Crippen LogP) is 1.88. The lowest BCUT2D eigenvalue weighted by Crippen LogP contribution is -2.28. The minimum atomic E-state index is 0.210. The number of thioether (sulfide) groups is 1. The monoisotopic (exact) mass is 191 g/mol. The summed E-state index contributed by atoms with van der Waals surface area (Å²) in [5.41, 5.74) is 5.75. The molecule has 3 heteroatoms. The molecule has 0 aliphatic rings. The molecule has 0 aliphatic heterocycles. The highest BCUT2D eigenvalue weighted by atomic mass is 32.2. The molecule has 2 nitrogen and oxygen atoms in total. The van der Waals surface area contributed by atoms with Gasteiger partial charge in [-0.05, 0) is 12.2 Å². The van der Waals surface area contributed by atoms with Crippen molar-refractivity contribution in [1.29, 1.82) is 0 Å². The van der Waals surface area contributed by atoms with Gasteiger partial charge in [-0.2, -0.15) is 11.8 Å². The summed E-state index contributed by atoms with van der Waals surface area (Å²) in [6, 6.07) is 0.210. The molecule has 0 aromatic rings. The fraction of sp³-hybridized carbons (Fsp3) is 1.00. The van der Waals surface area contributed by atoms with Crippen LogP contribution in [0.4, 0.5) is 0 Å². The summed E-state index contributed by atoms with van der Waals surface area (Å²) in [7, 11) is 1.70. The molecule has 0 rings (SSSR count). The third-order valence-corrected chi connectivity index (χ3v) is 2.85. The molecule has 12 heavy (non-hydrogen) atoms. The van der Waals surface area contributed by atoms with Crippen LogP contribution in [0.5, 0.6) is 0 Å². The van der Waals surface area contributed by atoms with E-state index in [4.69, 9.17) is 10.5 Å². The highest BCUT2D eigenvalue weighted by molar-refractivity contribution is 7.99. The minimum Gasteiger partial charge on any atom is -0.383 e. The fourth-order valence-corrected chi connectivity index (χ4v) is 1.92. The second kappa shape index (κ2) is 9.36. The summed E-state index contributed by atoms with van der Waals surface area (Å²) in [5.74, 6) is 2.27. The van der Waals surface area contributed by atoms with Crippen LogP contribution in [0.15, 0.2) is 0 Å². The fourth-order valence-electron chi connectivity index (χ4n) is 0.951. The number of rotatable bonds is 8. The van der Waals surface area contributed by atoms with Crippen molar-refractivity contribution in [1.82, 2.24) is 0 Å². The average Bonchev–Trinajstić information content (AvgIpc) is 2.05. The Morgan fingerprint density at radius 3 is 2.75 bits per heavy atom. The van der Waals surface area contributed by atoms with Crippen LogP contribution < -0.4 is 5.73 Å². The van der Waals surface area contributed by atoms with Gasteiger partial charge in [0.05, 0.1) is 6.61 Å². The average molecular weight is 191 g/mol. The van der Waals surface area contributed by atoms with E-state index in [1.165, 1.54) is 25.0 Å². The lowest BCUT2D eigenvalue weighted by molar-refractivity contribution is 0.186. The Kier molecular flexibility index (Phi) is 9.57. The Morgan fingerprint density at radius 2 is 2.17 bits per heavy atom. The maximum Gasteiger partial charge on any atom is 0.0621 e. The van der Waals surface area contributed by atoms with Gasteiger partial charge in [0.1, 0.15) is 0 Å². The summed E-state index contributed by atoms with van der Waals surface area (Å²) in [4.78, 5) is 0. The maximum atomic E-state index is 5.75. The molecule has 0 aromatic carbocycles. The van der Waals surface area contributed by atoms with E-state index >= 15 is 0 Å². The van der Waals surface area contributed by atoms with Crippen molar-refractivity contribution in [2.75, 3.05) is 25.2 Å². The van der Waals surface area contributed by atoms with E-state index in [1.807, 2.05) is 11.8 Å². The molecule has 0 saturated heterocycles. The highest BCUT2D eigenvalue weighted by Crippen LogP contribution is 2.06.